The number of para-hydroxylation sites is 2. The van der Waals surface area contributed by atoms with Crippen LogP contribution in [0.3, 0.4) is 0 Å². The lowest BCUT2D eigenvalue weighted by Gasteiger charge is -2.11. The van der Waals surface area contributed by atoms with Gasteiger partial charge in [-0.1, -0.05) is 78.5 Å². The fourth-order valence-corrected chi connectivity index (χ4v) is 4.82. The maximum absolute atomic E-state index is 12.7. The Morgan fingerprint density at radius 2 is 1.63 bits per heavy atom. The highest BCUT2D eigenvalue weighted by Crippen LogP contribution is 2.32. The molecule has 1 N–H and O–H groups in total. The van der Waals surface area contributed by atoms with Crippen molar-refractivity contribution >= 4 is 34.3 Å². The van der Waals surface area contributed by atoms with Gasteiger partial charge in [0.05, 0.1) is 17.0 Å². The number of hydrogen-bond donors (Lipinski definition) is 1. The number of benzene rings is 3. The zero-order valence-corrected chi connectivity index (χ0v) is 20.6. The van der Waals surface area contributed by atoms with Crippen LogP contribution in [0, 0.1) is 13.8 Å². The normalized spacial score (nSPS) is 11.1. The number of nitrogens with zero attached hydrogens (tertiary/aromatic N) is 4. The van der Waals surface area contributed by atoms with Crippen LogP contribution >= 0.6 is 11.8 Å². The molecular weight excluding hydrogens is 454 g/mol. The number of aromatic nitrogens is 4. The van der Waals surface area contributed by atoms with Crippen molar-refractivity contribution in [3.05, 3.63) is 90.0 Å². The molecule has 6 nitrogen and oxygen atoms in total. The van der Waals surface area contributed by atoms with Gasteiger partial charge in [-0.3, -0.25) is 4.79 Å². The number of rotatable bonds is 6. The summed E-state index contributed by atoms with van der Waals surface area (Å²) < 4.78 is 1.94. The smallest absolute Gasteiger partial charge is 0.234 e. The van der Waals surface area contributed by atoms with E-state index < -0.39 is 0 Å². The summed E-state index contributed by atoms with van der Waals surface area (Å²) in [5.41, 5.74) is 6.73. The first-order valence-electron chi connectivity index (χ1n) is 11.3. The molecule has 174 valence electrons. The maximum atomic E-state index is 12.7. The Morgan fingerprint density at radius 1 is 0.914 bits per heavy atom. The summed E-state index contributed by atoms with van der Waals surface area (Å²) in [4.78, 5) is 17.5. The molecular formula is C28H25N5OS. The number of nitrogens with one attached hydrogen (secondary N) is 1. The predicted molar refractivity (Wildman–Crippen MR) is 142 cm³/mol. The molecule has 2 aromatic heterocycles. The molecule has 0 fully saturated rings. The van der Waals surface area contributed by atoms with E-state index in [1.807, 2.05) is 98.3 Å². The molecule has 7 heteroatoms. The summed E-state index contributed by atoms with van der Waals surface area (Å²) >= 11 is 1.37. The van der Waals surface area contributed by atoms with E-state index >= 15 is 0 Å². The molecule has 0 unspecified atom stereocenters. The van der Waals surface area contributed by atoms with Crippen LogP contribution in [0.2, 0.25) is 0 Å². The molecule has 0 bridgehead atoms. The van der Waals surface area contributed by atoms with Crippen LogP contribution < -0.4 is 5.32 Å². The molecule has 5 aromatic rings. The first kappa shape index (κ1) is 22.8. The molecule has 0 atom stereocenters. The van der Waals surface area contributed by atoms with Gasteiger partial charge in [0, 0.05) is 29.2 Å². The van der Waals surface area contributed by atoms with Crippen molar-refractivity contribution in [1.82, 2.24) is 19.7 Å². The summed E-state index contributed by atoms with van der Waals surface area (Å²) in [7, 11) is 1.93. The van der Waals surface area contributed by atoms with Gasteiger partial charge in [-0.25, -0.2) is 4.98 Å². The van der Waals surface area contributed by atoms with Gasteiger partial charge in [-0.2, -0.15) is 0 Å². The maximum Gasteiger partial charge on any atom is 0.234 e. The minimum Gasteiger partial charge on any atom is -0.325 e. The van der Waals surface area contributed by atoms with Crippen molar-refractivity contribution in [3.8, 4) is 22.6 Å². The van der Waals surface area contributed by atoms with Crippen molar-refractivity contribution in [3.63, 3.8) is 0 Å². The average Bonchev–Trinajstić information content (AvgIpc) is 3.25. The SMILES string of the molecule is Cc1cccc(C)c1NC(=O)CSc1nnc(-c2cc(-c3ccccc3)nc3ccccc23)n1C. The Labute approximate surface area is 208 Å². The number of anilines is 1. The van der Waals surface area contributed by atoms with Crippen molar-refractivity contribution in [2.75, 3.05) is 11.1 Å². The molecule has 0 saturated carbocycles. The van der Waals surface area contributed by atoms with Crippen molar-refractivity contribution in [1.29, 1.82) is 0 Å². The number of carbonyl (C=O) groups excluding carboxylic acids is 1. The molecule has 5 rings (SSSR count). The molecule has 2 heterocycles. The third-order valence-corrected chi connectivity index (χ3v) is 6.96. The highest BCUT2D eigenvalue weighted by molar-refractivity contribution is 7.99. The lowest BCUT2D eigenvalue weighted by Crippen LogP contribution is -2.16. The van der Waals surface area contributed by atoms with E-state index in [-0.39, 0.29) is 11.7 Å². The lowest BCUT2D eigenvalue weighted by molar-refractivity contribution is -0.113. The summed E-state index contributed by atoms with van der Waals surface area (Å²) in [6.45, 7) is 3.99. The third kappa shape index (κ3) is 4.68. The van der Waals surface area contributed by atoms with Crippen LogP contribution in [-0.4, -0.2) is 31.4 Å². The second-order valence-corrected chi connectivity index (χ2v) is 9.35. The van der Waals surface area contributed by atoms with Crippen LogP contribution in [0.25, 0.3) is 33.5 Å². The molecule has 0 aliphatic rings. The first-order valence-corrected chi connectivity index (χ1v) is 12.3. The van der Waals surface area contributed by atoms with Gasteiger partial charge in [-0.05, 0) is 37.1 Å². The van der Waals surface area contributed by atoms with Crippen molar-refractivity contribution in [2.24, 2.45) is 7.05 Å². The highest BCUT2D eigenvalue weighted by atomic mass is 32.2. The summed E-state index contributed by atoms with van der Waals surface area (Å²) in [6.07, 6.45) is 0. The Bertz CT molecular complexity index is 1510. The number of aryl methyl sites for hydroxylation is 2. The topological polar surface area (TPSA) is 72.7 Å². The van der Waals surface area contributed by atoms with E-state index in [0.29, 0.717) is 5.16 Å². The zero-order chi connectivity index (χ0) is 24.4. The largest absolute Gasteiger partial charge is 0.325 e. The molecule has 0 spiro atoms. The molecule has 0 saturated heterocycles. The number of fused-ring (bicyclic) bond motifs is 1. The van der Waals surface area contributed by atoms with Gasteiger partial charge in [0.25, 0.3) is 0 Å². The number of thioether (sulfide) groups is 1. The number of amides is 1. The van der Waals surface area contributed by atoms with E-state index in [1.54, 1.807) is 0 Å². The zero-order valence-electron chi connectivity index (χ0n) is 19.8. The quantitative estimate of drug-likeness (QED) is 0.300. The van der Waals surface area contributed by atoms with Gasteiger partial charge in [-0.15, -0.1) is 10.2 Å². The van der Waals surface area contributed by atoms with Gasteiger partial charge >= 0.3 is 0 Å². The van der Waals surface area contributed by atoms with Crippen LogP contribution in [0.1, 0.15) is 11.1 Å². The Morgan fingerprint density at radius 3 is 2.40 bits per heavy atom. The minimum absolute atomic E-state index is 0.0716. The molecule has 0 aliphatic heterocycles. The minimum atomic E-state index is -0.0716. The molecule has 1 amide bonds. The van der Waals surface area contributed by atoms with Gasteiger partial charge in [0.15, 0.2) is 11.0 Å². The Kier molecular flexibility index (Phi) is 6.33. The van der Waals surface area contributed by atoms with Crippen molar-refractivity contribution in [2.45, 2.75) is 19.0 Å². The average molecular weight is 480 g/mol. The standard InChI is InChI=1S/C28H25N5OS/c1-18-10-9-11-19(2)26(18)30-25(34)17-35-28-32-31-27(33(28)3)22-16-24(20-12-5-4-6-13-20)29-23-15-8-7-14-21(22)23/h4-16H,17H2,1-3H3,(H,30,34). The summed E-state index contributed by atoms with van der Waals surface area (Å²) in [6, 6.07) is 26.2. The lowest BCUT2D eigenvalue weighted by atomic mass is 10.0. The molecule has 0 radical (unpaired) electrons. The predicted octanol–water partition coefficient (Wildman–Crippen LogP) is 6.04. The van der Waals surface area contributed by atoms with Crippen LogP contribution in [0.15, 0.2) is 84.0 Å². The van der Waals surface area contributed by atoms with Gasteiger partial charge in [0.1, 0.15) is 0 Å². The summed E-state index contributed by atoms with van der Waals surface area (Å²) in [5, 5.41) is 13.6. The second kappa shape index (κ2) is 9.72. The van der Waals surface area contributed by atoms with E-state index in [9.17, 15) is 4.79 Å². The van der Waals surface area contributed by atoms with E-state index in [1.165, 1.54) is 11.8 Å². The first-order chi connectivity index (χ1) is 17.0. The van der Waals surface area contributed by atoms with Crippen LogP contribution in [-0.2, 0) is 11.8 Å². The highest BCUT2D eigenvalue weighted by Gasteiger charge is 2.17. The Hall–Kier alpha value is -3.97. The van der Waals surface area contributed by atoms with Crippen molar-refractivity contribution < 1.29 is 4.79 Å². The fraction of sp³-hybridized carbons (Fsp3) is 0.143. The van der Waals surface area contributed by atoms with Crippen LogP contribution in [0.4, 0.5) is 5.69 Å². The Balaban J connectivity index is 1.43. The van der Waals surface area contributed by atoms with E-state index in [0.717, 1.165) is 50.4 Å². The number of pyridine rings is 1. The molecule has 35 heavy (non-hydrogen) atoms. The molecule has 3 aromatic carbocycles. The van der Waals surface area contributed by atoms with Gasteiger partial charge < -0.3 is 9.88 Å². The van der Waals surface area contributed by atoms with E-state index in [2.05, 4.69) is 21.6 Å². The number of carbonyl (C=O) groups is 1. The molecule has 0 aliphatic carbocycles. The number of hydrogen-bond acceptors (Lipinski definition) is 5. The van der Waals surface area contributed by atoms with E-state index in [4.69, 9.17) is 4.98 Å². The fourth-order valence-electron chi connectivity index (χ4n) is 4.11. The summed E-state index contributed by atoms with van der Waals surface area (Å²) in [5.74, 6) is 0.905. The monoisotopic (exact) mass is 479 g/mol. The third-order valence-electron chi connectivity index (χ3n) is 5.94. The van der Waals surface area contributed by atoms with Crippen LogP contribution in [0.5, 0.6) is 0 Å². The van der Waals surface area contributed by atoms with Gasteiger partial charge in [0.2, 0.25) is 5.91 Å². The second-order valence-electron chi connectivity index (χ2n) is 8.41.